The summed E-state index contributed by atoms with van der Waals surface area (Å²) in [6.45, 7) is 3.80. The molecule has 8 heteroatoms. The Balaban J connectivity index is 1.72. The third-order valence-corrected chi connectivity index (χ3v) is 5.11. The lowest BCUT2D eigenvalue weighted by Crippen LogP contribution is -2.06. The number of carboxylic acids is 1. The summed E-state index contributed by atoms with van der Waals surface area (Å²) in [7, 11) is 1.92. The lowest BCUT2D eigenvalue weighted by atomic mass is 10.0. The van der Waals surface area contributed by atoms with Crippen molar-refractivity contribution in [2.24, 2.45) is 7.05 Å². The van der Waals surface area contributed by atoms with E-state index in [1.807, 2.05) is 49.9 Å². The Hall–Kier alpha value is -4.12. The highest BCUT2D eigenvalue weighted by Crippen LogP contribution is 2.32. The van der Waals surface area contributed by atoms with Crippen LogP contribution in [0.2, 0.25) is 0 Å². The number of ether oxygens (including phenoxy) is 1. The molecule has 0 unspecified atom stereocenters. The molecule has 4 rings (SSSR count). The number of hydrogen-bond donors (Lipinski definition) is 1. The summed E-state index contributed by atoms with van der Waals surface area (Å²) in [6, 6.07) is 13.1. The average Bonchev–Trinajstić information content (AvgIpc) is 3.40. The van der Waals surface area contributed by atoms with Gasteiger partial charge in [-0.05, 0) is 56.2 Å². The zero-order chi connectivity index (χ0) is 22.8. The minimum Gasteiger partial charge on any atom is -0.490 e. The number of carboxylic acid groups (broad SMARTS) is 1. The summed E-state index contributed by atoms with van der Waals surface area (Å²) >= 11 is 0. The monoisotopic (exact) mass is 430 g/mol. The Kier molecular flexibility index (Phi) is 5.65. The Labute approximate surface area is 184 Å². The molecule has 0 aliphatic heterocycles. The lowest BCUT2D eigenvalue weighted by Gasteiger charge is -2.11. The first-order chi connectivity index (χ1) is 15.4. The van der Waals surface area contributed by atoms with E-state index in [0.29, 0.717) is 35.0 Å². The van der Waals surface area contributed by atoms with Gasteiger partial charge < -0.3 is 18.9 Å². The molecular formula is C24H22N4O4. The molecule has 2 aromatic carbocycles. The molecule has 0 radical (unpaired) electrons. The van der Waals surface area contributed by atoms with Crippen molar-refractivity contribution in [2.75, 3.05) is 0 Å². The zero-order valence-electron chi connectivity index (χ0n) is 18.0. The van der Waals surface area contributed by atoms with Crippen LogP contribution in [0.3, 0.4) is 0 Å². The van der Waals surface area contributed by atoms with E-state index in [0.717, 1.165) is 22.0 Å². The van der Waals surface area contributed by atoms with Crippen molar-refractivity contribution in [2.45, 2.75) is 32.8 Å². The molecule has 32 heavy (non-hydrogen) atoms. The second-order valence-corrected chi connectivity index (χ2v) is 7.77. The van der Waals surface area contributed by atoms with Gasteiger partial charge in [0.05, 0.1) is 17.2 Å². The highest BCUT2D eigenvalue weighted by atomic mass is 16.5. The summed E-state index contributed by atoms with van der Waals surface area (Å²) in [6.07, 6.45) is 2.38. The van der Waals surface area contributed by atoms with Gasteiger partial charge in [0.2, 0.25) is 5.82 Å². The normalized spacial score (nSPS) is 11.1. The first kappa shape index (κ1) is 21.1. The maximum atomic E-state index is 11.0. The van der Waals surface area contributed by atoms with Crippen LogP contribution in [-0.2, 0) is 18.3 Å². The van der Waals surface area contributed by atoms with Crippen molar-refractivity contribution >= 4 is 16.9 Å². The Morgan fingerprint density at radius 3 is 2.81 bits per heavy atom. The number of hydrogen-bond acceptors (Lipinski definition) is 6. The van der Waals surface area contributed by atoms with Crippen molar-refractivity contribution in [1.29, 1.82) is 5.26 Å². The lowest BCUT2D eigenvalue weighted by molar-refractivity contribution is -0.136. The molecule has 0 spiro atoms. The molecule has 1 N–H and O–H groups in total. The van der Waals surface area contributed by atoms with E-state index in [1.165, 1.54) is 0 Å². The van der Waals surface area contributed by atoms with Gasteiger partial charge in [0.15, 0.2) is 0 Å². The van der Waals surface area contributed by atoms with Gasteiger partial charge in [0.25, 0.3) is 5.89 Å². The Morgan fingerprint density at radius 1 is 1.28 bits per heavy atom. The molecule has 0 aliphatic rings. The average molecular weight is 430 g/mol. The van der Waals surface area contributed by atoms with Gasteiger partial charge in [-0.2, -0.15) is 10.2 Å². The second kappa shape index (κ2) is 8.55. The Morgan fingerprint density at radius 2 is 2.09 bits per heavy atom. The molecule has 0 saturated carbocycles. The predicted octanol–water partition coefficient (Wildman–Crippen LogP) is 4.57. The topological polar surface area (TPSA) is 114 Å². The van der Waals surface area contributed by atoms with Gasteiger partial charge in [0.1, 0.15) is 11.8 Å². The molecule has 0 aliphatic carbocycles. The molecule has 0 bridgehead atoms. The van der Waals surface area contributed by atoms with Crippen molar-refractivity contribution < 1.29 is 19.2 Å². The van der Waals surface area contributed by atoms with E-state index >= 15 is 0 Å². The van der Waals surface area contributed by atoms with Crippen molar-refractivity contribution in [1.82, 2.24) is 14.7 Å². The summed E-state index contributed by atoms with van der Waals surface area (Å²) in [5, 5.41) is 23.6. The summed E-state index contributed by atoms with van der Waals surface area (Å²) in [5.41, 5.74) is 3.65. The summed E-state index contributed by atoms with van der Waals surface area (Å²) in [4.78, 5) is 15.5. The molecule has 8 nitrogen and oxygen atoms in total. The van der Waals surface area contributed by atoms with Gasteiger partial charge >= 0.3 is 5.97 Å². The summed E-state index contributed by atoms with van der Waals surface area (Å²) < 4.78 is 13.1. The van der Waals surface area contributed by atoms with E-state index < -0.39 is 5.97 Å². The van der Waals surface area contributed by atoms with Crippen LogP contribution in [0.1, 0.15) is 31.4 Å². The fourth-order valence-corrected chi connectivity index (χ4v) is 3.67. The third kappa shape index (κ3) is 4.05. The number of aliphatic carboxylic acids is 1. The number of nitrogens with zero attached hydrogens (tertiary/aromatic N) is 4. The van der Waals surface area contributed by atoms with Gasteiger partial charge in [-0.1, -0.05) is 11.2 Å². The predicted molar refractivity (Wildman–Crippen MR) is 118 cm³/mol. The highest BCUT2D eigenvalue weighted by Gasteiger charge is 2.18. The Bertz CT molecular complexity index is 1340. The number of aryl methyl sites for hydroxylation is 2. The van der Waals surface area contributed by atoms with E-state index in [1.54, 1.807) is 18.2 Å². The van der Waals surface area contributed by atoms with Gasteiger partial charge in [-0.15, -0.1) is 0 Å². The van der Waals surface area contributed by atoms with Crippen LogP contribution in [0.4, 0.5) is 0 Å². The molecule has 2 aromatic heterocycles. The first-order valence-electron chi connectivity index (χ1n) is 10.2. The van der Waals surface area contributed by atoms with Crippen molar-refractivity contribution in [3.05, 3.63) is 53.7 Å². The minimum atomic E-state index is -0.831. The minimum absolute atomic E-state index is 0.0471. The van der Waals surface area contributed by atoms with Crippen LogP contribution in [0.25, 0.3) is 33.7 Å². The standard InChI is InChI=1S/C24H22N4O4/c1-14(2)31-20-8-5-16(12-17(20)13-25)24-26-23(27-32-24)19-7-4-15(6-9-21(29)30)18-10-11-28(3)22(18)19/h4-5,7-8,10-12,14H,6,9H2,1-3H3,(H,29,30). The molecule has 0 saturated heterocycles. The van der Waals surface area contributed by atoms with E-state index in [2.05, 4.69) is 16.2 Å². The SMILES string of the molecule is CC(C)Oc1ccc(-c2nc(-c3ccc(CCC(=O)O)c4ccn(C)c34)no2)cc1C#N. The van der Waals surface area contributed by atoms with Crippen LogP contribution in [-0.4, -0.2) is 31.9 Å². The van der Waals surface area contributed by atoms with Crippen molar-refractivity contribution in [3.63, 3.8) is 0 Å². The van der Waals surface area contributed by atoms with Crippen LogP contribution >= 0.6 is 0 Å². The van der Waals surface area contributed by atoms with Crippen LogP contribution in [0, 0.1) is 11.3 Å². The number of aromatic nitrogens is 3. The van der Waals surface area contributed by atoms with Crippen LogP contribution in [0.15, 0.2) is 47.1 Å². The smallest absolute Gasteiger partial charge is 0.303 e. The molecular weight excluding hydrogens is 408 g/mol. The molecule has 2 heterocycles. The largest absolute Gasteiger partial charge is 0.490 e. The van der Waals surface area contributed by atoms with E-state index in [-0.39, 0.29) is 12.5 Å². The van der Waals surface area contributed by atoms with Gasteiger partial charge in [0, 0.05) is 36.2 Å². The van der Waals surface area contributed by atoms with Gasteiger partial charge in [-0.25, -0.2) is 0 Å². The number of benzene rings is 2. The molecule has 0 fully saturated rings. The summed E-state index contributed by atoms with van der Waals surface area (Å²) in [5.74, 6) is 0.387. The molecule has 162 valence electrons. The van der Waals surface area contributed by atoms with E-state index in [4.69, 9.17) is 14.4 Å². The first-order valence-corrected chi connectivity index (χ1v) is 10.2. The highest BCUT2D eigenvalue weighted by molar-refractivity contribution is 5.95. The second-order valence-electron chi connectivity index (χ2n) is 7.77. The third-order valence-electron chi connectivity index (χ3n) is 5.11. The number of rotatable bonds is 7. The van der Waals surface area contributed by atoms with Crippen LogP contribution in [0.5, 0.6) is 5.75 Å². The maximum absolute atomic E-state index is 11.0. The number of nitriles is 1. The zero-order valence-corrected chi connectivity index (χ0v) is 18.0. The van der Waals surface area contributed by atoms with Crippen LogP contribution < -0.4 is 4.74 Å². The molecule has 0 amide bonds. The number of fused-ring (bicyclic) bond motifs is 1. The maximum Gasteiger partial charge on any atom is 0.303 e. The molecule has 4 aromatic rings. The number of carbonyl (C=O) groups is 1. The quantitative estimate of drug-likeness (QED) is 0.457. The van der Waals surface area contributed by atoms with E-state index in [9.17, 15) is 10.1 Å². The fourth-order valence-electron chi connectivity index (χ4n) is 3.67. The van der Waals surface area contributed by atoms with Crippen molar-refractivity contribution in [3.8, 4) is 34.7 Å². The molecule has 0 atom stereocenters. The van der Waals surface area contributed by atoms with Gasteiger partial charge in [-0.3, -0.25) is 4.79 Å². The fraction of sp³-hybridized carbons (Fsp3) is 0.250.